The third-order valence-electron chi connectivity index (χ3n) is 3.74. The number of hydrogen-bond donors (Lipinski definition) is 2. The standard InChI is InChI=1S/C19H17N3O2/c23-13-18(17-2-1-9-21-12-17)22-19(24)16-5-3-14(4-6-16)15-7-10-20-11-8-15/h1-12,18,23H,13H2,(H,22,24). The Labute approximate surface area is 140 Å². The van der Waals surface area contributed by atoms with Crippen LogP contribution in [0.1, 0.15) is 22.0 Å². The van der Waals surface area contributed by atoms with Crippen molar-refractivity contribution in [1.82, 2.24) is 15.3 Å². The summed E-state index contributed by atoms with van der Waals surface area (Å²) < 4.78 is 0. The van der Waals surface area contributed by atoms with Crippen molar-refractivity contribution in [3.05, 3.63) is 84.4 Å². The molecule has 0 radical (unpaired) electrons. The van der Waals surface area contributed by atoms with E-state index in [4.69, 9.17) is 0 Å². The number of benzene rings is 1. The number of aromatic nitrogens is 2. The quantitative estimate of drug-likeness (QED) is 0.758. The highest BCUT2D eigenvalue weighted by Gasteiger charge is 2.15. The van der Waals surface area contributed by atoms with Crippen LogP contribution in [0.2, 0.25) is 0 Å². The van der Waals surface area contributed by atoms with Crippen LogP contribution in [0.5, 0.6) is 0 Å². The Morgan fingerprint density at radius 3 is 2.29 bits per heavy atom. The molecular weight excluding hydrogens is 302 g/mol. The summed E-state index contributed by atoms with van der Waals surface area (Å²) in [6.07, 6.45) is 6.75. The second kappa shape index (κ2) is 7.48. The summed E-state index contributed by atoms with van der Waals surface area (Å²) in [4.78, 5) is 20.4. The van der Waals surface area contributed by atoms with E-state index in [0.29, 0.717) is 5.56 Å². The Bertz CT molecular complexity index is 790. The third-order valence-corrected chi connectivity index (χ3v) is 3.74. The Hall–Kier alpha value is -3.05. The van der Waals surface area contributed by atoms with Crippen molar-refractivity contribution in [2.45, 2.75) is 6.04 Å². The van der Waals surface area contributed by atoms with E-state index in [2.05, 4.69) is 15.3 Å². The predicted molar refractivity (Wildman–Crippen MR) is 91.2 cm³/mol. The van der Waals surface area contributed by atoms with Crippen LogP contribution in [0.3, 0.4) is 0 Å². The monoisotopic (exact) mass is 319 g/mol. The number of carbonyl (C=O) groups is 1. The Morgan fingerprint density at radius 1 is 0.958 bits per heavy atom. The van der Waals surface area contributed by atoms with Gasteiger partial charge in [-0.05, 0) is 47.0 Å². The zero-order valence-corrected chi connectivity index (χ0v) is 13.0. The number of amides is 1. The minimum absolute atomic E-state index is 0.188. The number of rotatable bonds is 5. The van der Waals surface area contributed by atoms with Gasteiger partial charge in [0.1, 0.15) is 0 Å². The zero-order chi connectivity index (χ0) is 16.8. The van der Waals surface area contributed by atoms with Gasteiger partial charge in [-0.2, -0.15) is 0 Å². The summed E-state index contributed by atoms with van der Waals surface area (Å²) in [5, 5.41) is 12.3. The molecule has 1 unspecified atom stereocenters. The van der Waals surface area contributed by atoms with Gasteiger partial charge in [0.25, 0.3) is 5.91 Å². The third kappa shape index (κ3) is 3.64. The Morgan fingerprint density at radius 2 is 1.67 bits per heavy atom. The first-order valence-electron chi connectivity index (χ1n) is 7.60. The summed E-state index contributed by atoms with van der Waals surface area (Å²) in [7, 11) is 0. The van der Waals surface area contributed by atoms with Gasteiger partial charge in [0.05, 0.1) is 12.6 Å². The molecule has 0 bridgehead atoms. The number of carbonyl (C=O) groups excluding carboxylic acids is 1. The van der Waals surface area contributed by atoms with E-state index in [0.717, 1.165) is 16.7 Å². The van der Waals surface area contributed by atoms with Gasteiger partial charge in [0.15, 0.2) is 0 Å². The molecule has 0 aliphatic carbocycles. The molecule has 5 heteroatoms. The second-order valence-corrected chi connectivity index (χ2v) is 5.31. The predicted octanol–water partition coefficient (Wildman–Crippen LogP) is 2.61. The lowest BCUT2D eigenvalue weighted by molar-refractivity contribution is 0.0916. The number of hydrogen-bond acceptors (Lipinski definition) is 4. The van der Waals surface area contributed by atoms with E-state index >= 15 is 0 Å². The van der Waals surface area contributed by atoms with Crippen LogP contribution in [0.15, 0.2) is 73.3 Å². The molecule has 0 fully saturated rings. The SMILES string of the molecule is O=C(NC(CO)c1cccnc1)c1ccc(-c2ccncc2)cc1. The van der Waals surface area contributed by atoms with Crippen LogP contribution < -0.4 is 5.32 Å². The lowest BCUT2D eigenvalue weighted by Crippen LogP contribution is -2.30. The van der Waals surface area contributed by atoms with E-state index in [1.54, 1.807) is 43.0 Å². The van der Waals surface area contributed by atoms with Crippen molar-refractivity contribution < 1.29 is 9.90 Å². The van der Waals surface area contributed by atoms with Crippen LogP contribution in [-0.2, 0) is 0 Å². The fraction of sp³-hybridized carbons (Fsp3) is 0.105. The molecule has 1 amide bonds. The van der Waals surface area contributed by atoms with Crippen molar-refractivity contribution in [2.24, 2.45) is 0 Å². The van der Waals surface area contributed by atoms with Crippen molar-refractivity contribution in [1.29, 1.82) is 0 Å². The second-order valence-electron chi connectivity index (χ2n) is 5.31. The molecule has 0 aliphatic rings. The maximum Gasteiger partial charge on any atom is 0.251 e. The van der Waals surface area contributed by atoms with Crippen molar-refractivity contribution >= 4 is 5.91 Å². The molecule has 0 spiro atoms. The molecular formula is C19H17N3O2. The van der Waals surface area contributed by atoms with E-state index < -0.39 is 6.04 Å². The summed E-state index contributed by atoms with van der Waals surface area (Å²) >= 11 is 0. The van der Waals surface area contributed by atoms with Gasteiger partial charge < -0.3 is 10.4 Å². The maximum absolute atomic E-state index is 12.4. The van der Waals surface area contributed by atoms with Gasteiger partial charge in [-0.25, -0.2) is 0 Å². The Kier molecular flexibility index (Phi) is 4.93. The van der Waals surface area contributed by atoms with Crippen molar-refractivity contribution in [2.75, 3.05) is 6.61 Å². The molecule has 0 aliphatic heterocycles. The largest absolute Gasteiger partial charge is 0.394 e. The highest BCUT2D eigenvalue weighted by molar-refractivity contribution is 5.95. The fourth-order valence-corrected chi connectivity index (χ4v) is 2.42. The molecule has 1 atom stereocenters. The topological polar surface area (TPSA) is 75.1 Å². The molecule has 3 rings (SSSR count). The first-order valence-corrected chi connectivity index (χ1v) is 7.60. The number of nitrogens with one attached hydrogen (secondary N) is 1. The molecule has 0 saturated carbocycles. The van der Waals surface area contributed by atoms with E-state index in [1.165, 1.54) is 0 Å². The number of aliphatic hydroxyl groups is 1. The van der Waals surface area contributed by atoms with Gasteiger partial charge >= 0.3 is 0 Å². The molecule has 2 heterocycles. The highest BCUT2D eigenvalue weighted by atomic mass is 16.3. The minimum atomic E-state index is -0.480. The van der Waals surface area contributed by atoms with Crippen LogP contribution in [0.25, 0.3) is 11.1 Å². The van der Waals surface area contributed by atoms with Gasteiger partial charge in [-0.3, -0.25) is 14.8 Å². The number of nitrogens with zero attached hydrogens (tertiary/aromatic N) is 2. The first kappa shape index (κ1) is 15.8. The average Bonchev–Trinajstić information content (AvgIpc) is 2.67. The lowest BCUT2D eigenvalue weighted by atomic mass is 10.0. The normalized spacial score (nSPS) is 11.7. The molecule has 120 valence electrons. The summed E-state index contributed by atoms with van der Waals surface area (Å²) in [5.74, 6) is -0.237. The van der Waals surface area contributed by atoms with Crippen LogP contribution in [0.4, 0.5) is 0 Å². The van der Waals surface area contributed by atoms with Crippen LogP contribution >= 0.6 is 0 Å². The average molecular weight is 319 g/mol. The van der Waals surface area contributed by atoms with Gasteiger partial charge in [0.2, 0.25) is 0 Å². The van der Waals surface area contributed by atoms with E-state index in [1.807, 2.05) is 30.3 Å². The molecule has 1 aromatic carbocycles. The first-order chi connectivity index (χ1) is 11.8. The Balaban J connectivity index is 1.73. The molecule has 2 aromatic heterocycles. The number of pyridine rings is 2. The summed E-state index contributed by atoms with van der Waals surface area (Å²) in [6, 6.07) is 14.3. The minimum Gasteiger partial charge on any atom is -0.394 e. The lowest BCUT2D eigenvalue weighted by Gasteiger charge is -2.16. The van der Waals surface area contributed by atoms with Gasteiger partial charge in [0, 0.05) is 30.4 Å². The van der Waals surface area contributed by atoms with E-state index in [9.17, 15) is 9.90 Å². The number of aliphatic hydroxyl groups excluding tert-OH is 1. The summed E-state index contributed by atoms with van der Waals surface area (Å²) in [6.45, 7) is -0.188. The molecule has 5 nitrogen and oxygen atoms in total. The molecule has 2 N–H and O–H groups in total. The van der Waals surface area contributed by atoms with Gasteiger partial charge in [-0.15, -0.1) is 0 Å². The van der Waals surface area contributed by atoms with Crippen LogP contribution in [0, 0.1) is 0 Å². The fourth-order valence-electron chi connectivity index (χ4n) is 2.42. The maximum atomic E-state index is 12.4. The molecule has 3 aromatic rings. The summed E-state index contributed by atoms with van der Waals surface area (Å²) in [5.41, 5.74) is 3.36. The van der Waals surface area contributed by atoms with Crippen molar-refractivity contribution in [3.8, 4) is 11.1 Å². The smallest absolute Gasteiger partial charge is 0.251 e. The van der Waals surface area contributed by atoms with Crippen molar-refractivity contribution in [3.63, 3.8) is 0 Å². The van der Waals surface area contributed by atoms with E-state index in [-0.39, 0.29) is 12.5 Å². The zero-order valence-electron chi connectivity index (χ0n) is 13.0. The van der Waals surface area contributed by atoms with Crippen LogP contribution in [-0.4, -0.2) is 27.6 Å². The highest BCUT2D eigenvalue weighted by Crippen LogP contribution is 2.19. The molecule has 0 saturated heterocycles. The van der Waals surface area contributed by atoms with Gasteiger partial charge in [-0.1, -0.05) is 18.2 Å². The molecule has 24 heavy (non-hydrogen) atoms.